The highest BCUT2D eigenvalue weighted by molar-refractivity contribution is 7.89. The molecule has 23 heavy (non-hydrogen) atoms. The smallest absolute Gasteiger partial charge is 0.258 e. The summed E-state index contributed by atoms with van der Waals surface area (Å²) in [7, 11) is -3.49. The minimum Gasteiger partial charge on any atom is -0.484 e. The Kier molecular flexibility index (Phi) is 7.02. The Morgan fingerprint density at radius 2 is 1.87 bits per heavy atom. The number of nitrogens with zero attached hydrogens (tertiary/aromatic N) is 1. The van der Waals surface area contributed by atoms with Gasteiger partial charge in [0.2, 0.25) is 10.0 Å². The quantitative estimate of drug-likeness (QED) is 0.783. The molecule has 0 bridgehead atoms. The summed E-state index contributed by atoms with van der Waals surface area (Å²) in [6.45, 7) is 9.86. The van der Waals surface area contributed by atoms with E-state index in [2.05, 4.69) is 5.32 Å². The van der Waals surface area contributed by atoms with Gasteiger partial charge in [-0.15, -0.1) is 0 Å². The van der Waals surface area contributed by atoms with Gasteiger partial charge in [0.15, 0.2) is 6.61 Å². The van der Waals surface area contributed by atoms with Crippen molar-refractivity contribution in [3.05, 3.63) is 23.8 Å². The van der Waals surface area contributed by atoms with Crippen LogP contribution in [0.5, 0.6) is 5.75 Å². The van der Waals surface area contributed by atoms with Crippen molar-refractivity contribution in [2.45, 2.75) is 45.6 Å². The molecule has 1 rings (SSSR count). The molecule has 0 saturated carbocycles. The standard InChI is InChI=1S/C16H26N2O4S/c1-6-18(7-2)23(20,21)14-8-9-15(13(5)10-14)22-11-16(19)17-12(3)4/h8-10,12H,6-7,11H2,1-5H3,(H,17,19). The van der Waals surface area contributed by atoms with Gasteiger partial charge in [-0.3, -0.25) is 4.79 Å². The van der Waals surface area contributed by atoms with Crippen molar-refractivity contribution in [3.63, 3.8) is 0 Å². The zero-order valence-corrected chi connectivity index (χ0v) is 15.2. The lowest BCUT2D eigenvalue weighted by Gasteiger charge is -2.19. The second-order valence-corrected chi connectivity index (χ2v) is 7.47. The lowest BCUT2D eigenvalue weighted by atomic mass is 10.2. The van der Waals surface area contributed by atoms with Gasteiger partial charge in [-0.25, -0.2) is 8.42 Å². The number of carbonyl (C=O) groups excluding carboxylic acids is 1. The van der Waals surface area contributed by atoms with E-state index in [1.54, 1.807) is 32.9 Å². The number of sulfonamides is 1. The largest absolute Gasteiger partial charge is 0.484 e. The first-order valence-electron chi connectivity index (χ1n) is 7.75. The maximum atomic E-state index is 12.5. The molecule has 0 aliphatic heterocycles. The molecule has 0 aliphatic carbocycles. The van der Waals surface area contributed by atoms with Crippen molar-refractivity contribution in [3.8, 4) is 5.75 Å². The second-order valence-electron chi connectivity index (χ2n) is 5.53. The molecule has 1 aromatic carbocycles. The summed E-state index contributed by atoms with van der Waals surface area (Å²) in [4.78, 5) is 11.8. The van der Waals surface area contributed by atoms with E-state index in [1.807, 2.05) is 13.8 Å². The van der Waals surface area contributed by atoms with Gasteiger partial charge in [-0.2, -0.15) is 4.31 Å². The highest BCUT2D eigenvalue weighted by Gasteiger charge is 2.22. The van der Waals surface area contributed by atoms with Gasteiger partial charge in [0, 0.05) is 19.1 Å². The van der Waals surface area contributed by atoms with E-state index >= 15 is 0 Å². The van der Waals surface area contributed by atoms with Crippen LogP contribution in [0.15, 0.2) is 23.1 Å². The van der Waals surface area contributed by atoms with E-state index in [9.17, 15) is 13.2 Å². The minimum atomic E-state index is -3.49. The van der Waals surface area contributed by atoms with E-state index in [0.29, 0.717) is 24.4 Å². The average Bonchev–Trinajstić information content (AvgIpc) is 2.46. The molecule has 7 heteroatoms. The van der Waals surface area contributed by atoms with Crippen molar-refractivity contribution in [2.24, 2.45) is 0 Å². The Balaban J connectivity index is 2.88. The molecule has 6 nitrogen and oxygen atoms in total. The van der Waals surface area contributed by atoms with Crippen LogP contribution >= 0.6 is 0 Å². The molecular weight excluding hydrogens is 316 g/mol. The molecule has 0 radical (unpaired) electrons. The third-order valence-electron chi connectivity index (χ3n) is 3.30. The van der Waals surface area contributed by atoms with Crippen molar-refractivity contribution < 1.29 is 17.9 Å². The highest BCUT2D eigenvalue weighted by Crippen LogP contribution is 2.24. The molecule has 130 valence electrons. The predicted octanol–water partition coefficient (Wildman–Crippen LogP) is 1.93. The molecular formula is C16H26N2O4S. The molecule has 0 saturated heterocycles. The number of hydrogen-bond acceptors (Lipinski definition) is 4. The highest BCUT2D eigenvalue weighted by atomic mass is 32.2. The Hall–Kier alpha value is -1.60. The number of nitrogens with one attached hydrogen (secondary N) is 1. The van der Waals surface area contributed by atoms with Crippen LogP contribution in [0.2, 0.25) is 0 Å². The number of ether oxygens (including phenoxy) is 1. The van der Waals surface area contributed by atoms with E-state index < -0.39 is 10.0 Å². The second kappa shape index (κ2) is 8.31. The molecule has 0 unspecified atom stereocenters. The Bertz CT molecular complexity index is 637. The molecule has 0 aliphatic rings. The molecule has 1 aromatic rings. The summed E-state index contributed by atoms with van der Waals surface area (Å²) in [6, 6.07) is 4.72. The van der Waals surface area contributed by atoms with Gasteiger partial charge in [-0.05, 0) is 44.5 Å². The van der Waals surface area contributed by atoms with Crippen molar-refractivity contribution in [2.75, 3.05) is 19.7 Å². The molecule has 1 amide bonds. The first-order chi connectivity index (χ1) is 10.7. The summed E-state index contributed by atoms with van der Waals surface area (Å²) >= 11 is 0. The van der Waals surface area contributed by atoms with Gasteiger partial charge < -0.3 is 10.1 Å². The number of carbonyl (C=O) groups is 1. The number of benzene rings is 1. The third-order valence-corrected chi connectivity index (χ3v) is 5.34. The van der Waals surface area contributed by atoms with Crippen LogP contribution in [-0.4, -0.2) is 44.4 Å². The van der Waals surface area contributed by atoms with E-state index in [-0.39, 0.29) is 23.5 Å². The Labute approximate surface area is 138 Å². The first-order valence-corrected chi connectivity index (χ1v) is 9.19. The van der Waals surface area contributed by atoms with Crippen LogP contribution in [0.4, 0.5) is 0 Å². The Morgan fingerprint density at radius 3 is 2.35 bits per heavy atom. The fourth-order valence-electron chi connectivity index (χ4n) is 2.16. The van der Waals surface area contributed by atoms with Gasteiger partial charge >= 0.3 is 0 Å². The molecule has 0 atom stereocenters. The lowest BCUT2D eigenvalue weighted by Crippen LogP contribution is -2.34. The first kappa shape index (κ1) is 19.4. The zero-order valence-electron chi connectivity index (χ0n) is 14.4. The fourth-order valence-corrected chi connectivity index (χ4v) is 3.71. The monoisotopic (exact) mass is 342 g/mol. The van der Waals surface area contributed by atoms with Crippen LogP contribution < -0.4 is 10.1 Å². The normalized spacial score (nSPS) is 11.8. The predicted molar refractivity (Wildman–Crippen MR) is 90.1 cm³/mol. The summed E-state index contributed by atoms with van der Waals surface area (Å²) in [5, 5.41) is 2.73. The van der Waals surface area contributed by atoms with Gasteiger partial charge in [0.1, 0.15) is 5.75 Å². The topological polar surface area (TPSA) is 75.7 Å². The molecule has 0 aromatic heterocycles. The molecule has 0 spiro atoms. The van der Waals surface area contributed by atoms with Crippen LogP contribution in [0.3, 0.4) is 0 Å². The lowest BCUT2D eigenvalue weighted by molar-refractivity contribution is -0.123. The minimum absolute atomic E-state index is 0.0498. The molecule has 0 heterocycles. The summed E-state index contributed by atoms with van der Waals surface area (Å²) < 4.78 is 31.8. The number of rotatable bonds is 8. The zero-order chi connectivity index (χ0) is 17.6. The van der Waals surface area contributed by atoms with Crippen molar-refractivity contribution in [1.82, 2.24) is 9.62 Å². The molecule has 1 N–H and O–H groups in total. The van der Waals surface area contributed by atoms with Gasteiger partial charge in [0.05, 0.1) is 4.90 Å². The van der Waals surface area contributed by atoms with Crippen LogP contribution in [0.25, 0.3) is 0 Å². The SMILES string of the molecule is CCN(CC)S(=O)(=O)c1ccc(OCC(=O)NC(C)C)c(C)c1. The summed E-state index contributed by atoms with van der Waals surface area (Å²) in [5.74, 6) is 0.293. The van der Waals surface area contributed by atoms with Crippen molar-refractivity contribution >= 4 is 15.9 Å². The molecule has 0 fully saturated rings. The summed E-state index contributed by atoms with van der Waals surface area (Å²) in [6.07, 6.45) is 0. The maximum Gasteiger partial charge on any atom is 0.258 e. The third kappa shape index (κ3) is 5.21. The summed E-state index contributed by atoms with van der Waals surface area (Å²) in [5.41, 5.74) is 0.676. The van der Waals surface area contributed by atoms with E-state index in [4.69, 9.17) is 4.74 Å². The van der Waals surface area contributed by atoms with E-state index in [0.717, 1.165) is 0 Å². The van der Waals surface area contributed by atoms with Crippen molar-refractivity contribution in [1.29, 1.82) is 0 Å². The van der Waals surface area contributed by atoms with Crippen LogP contribution in [-0.2, 0) is 14.8 Å². The van der Waals surface area contributed by atoms with Crippen LogP contribution in [0, 0.1) is 6.92 Å². The Morgan fingerprint density at radius 1 is 1.26 bits per heavy atom. The van der Waals surface area contributed by atoms with Crippen LogP contribution in [0.1, 0.15) is 33.3 Å². The fraction of sp³-hybridized carbons (Fsp3) is 0.562. The average molecular weight is 342 g/mol. The maximum absolute atomic E-state index is 12.5. The number of aryl methyl sites for hydroxylation is 1. The van der Waals surface area contributed by atoms with Gasteiger partial charge in [-0.1, -0.05) is 13.8 Å². The number of hydrogen-bond donors (Lipinski definition) is 1. The van der Waals surface area contributed by atoms with E-state index in [1.165, 1.54) is 10.4 Å². The van der Waals surface area contributed by atoms with Gasteiger partial charge in [0.25, 0.3) is 5.91 Å². The number of amides is 1.